The number of rotatable bonds is 4. The minimum Gasteiger partial charge on any atom is -0.503 e. The van der Waals surface area contributed by atoms with Crippen LogP contribution >= 0.6 is 15.9 Å². The molecule has 1 aromatic heterocycles. The minimum absolute atomic E-state index is 0.0106. The van der Waals surface area contributed by atoms with E-state index in [2.05, 4.69) is 36.4 Å². The molecule has 0 aliphatic heterocycles. The zero-order valence-corrected chi connectivity index (χ0v) is 12.9. The number of methoxy groups -OCH3 is 1. The van der Waals surface area contributed by atoms with Crippen molar-refractivity contribution in [3.63, 3.8) is 0 Å². The first-order valence-electron chi connectivity index (χ1n) is 5.93. The summed E-state index contributed by atoms with van der Waals surface area (Å²) >= 11 is 3.26. The van der Waals surface area contributed by atoms with Crippen LogP contribution in [-0.2, 0) is 0 Å². The smallest absolute Gasteiger partial charge is 0.252 e. The van der Waals surface area contributed by atoms with Gasteiger partial charge in [0.2, 0.25) is 5.95 Å². The van der Waals surface area contributed by atoms with Gasteiger partial charge in [0, 0.05) is 17.3 Å². The van der Waals surface area contributed by atoms with Crippen molar-refractivity contribution in [3.8, 4) is 11.5 Å². The van der Waals surface area contributed by atoms with Crippen molar-refractivity contribution in [1.29, 1.82) is 0 Å². The highest BCUT2D eigenvalue weighted by molar-refractivity contribution is 9.10. The predicted octanol–water partition coefficient (Wildman–Crippen LogP) is 2.00. The highest BCUT2D eigenvalue weighted by atomic mass is 79.9. The number of aryl methyl sites for hydroxylation is 1. The van der Waals surface area contributed by atoms with E-state index < -0.39 is 0 Å². The molecule has 1 heterocycles. The van der Waals surface area contributed by atoms with Crippen molar-refractivity contribution in [3.05, 3.63) is 44.3 Å². The fourth-order valence-corrected chi connectivity index (χ4v) is 2.05. The van der Waals surface area contributed by atoms with Crippen molar-refractivity contribution in [1.82, 2.24) is 9.97 Å². The summed E-state index contributed by atoms with van der Waals surface area (Å²) in [7, 11) is 1.47. The third-order valence-electron chi connectivity index (χ3n) is 2.57. The number of hydrogen-bond acceptors (Lipinski definition) is 6. The Morgan fingerprint density at radius 2 is 2.29 bits per heavy atom. The number of halogens is 1. The minimum atomic E-state index is -0.261. The Morgan fingerprint density at radius 1 is 1.52 bits per heavy atom. The Morgan fingerprint density at radius 3 is 2.95 bits per heavy atom. The summed E-state index contributed by atoms with van der Waals surface area (Å²) in [6.45, 7) is 1.71. The summed E-state index contributed by atoms with van der Waals surface area (Å²) in [6.07, 6.45) is 1.48. The van der Waals surface area contributed by atoms with Gasteiger partial charge in [0.1, 0.15) is 0 Å². The number of anilines is 1. The summed E-state index contributed by atoms with van der Waals surface area (Å²) < 4.78 is 5.45. The van der Waals surface area contributed by atoms with Crippen LogP contribution < -0.4 is 15.7 Å². The molecule has 0 fully saturated rings. The summed E-state index contributed by atoms with van der Waals surface area (Å²) in [6, 6.07) is 4.72. The Hall–Kier alpha value is -2.35. The first-order valence-corrected chi connectivity index (χ1v) is 6.73. The molecule has 21 heavy (non-hydrogen) atoms. The van der Waals surface area contributed by atoms with Crippen LogP contribution in [0.1, 0.15) is 11.3 Å². The van der Waals surface area contributed by atoms with Gasteiger partial charge in [-0.3, -0.25) is 9.78 Å². The first kappa shape index (κ1) is 15.0. The highest BCUT2D eigenvalue weighted by Crippen LogP contribution is 2.35. The average Bonchev–Trinajstić information content (AvgIpc) is 2.43. The van der Waals surface area contributed by atoms with Crippen LogP contribution in [0.4, 0.5) is 5.95 Å². The maximum absolute atomic E-state index is 11.3. The maximum atomic E-state index is 11.3. The van der Waals surface area contributed by atoms with Crippen LogP contribution in [0.25, 0.3) is 0 Å². The maximum Gasteiger partial charge on any atom is 0.252 e. The van der Waals surface area contributed by atoms with Crippen LogP contribution in [0.15, 0.2) is 32.6 Å². The van der Waals surface area contributed by atoms with E-state index in [-0.39, 0.29) is 17.3 Å². The first-order chi connectivity index (χ1) is 10.0. The average molecular weight is 353 g/mol. The van der Waals surface area contributed by atoms with Crippen LogP contribution in [0, 0.1) is 6.92 Å². The third kappa shape index (κ3) is 3.60. The fourth-order valence-electron chi connectivity index (χ4n) is 1.62. The molecule has 0 aliphatic rings. The topological polar surface area (TPSA) is 99.6 Å². The van der Waals surface area contributed by atoms with E-state index in [1.54, 1.807) is 19.1 Å². The quantitative estimate of drug-likeness (QED) is 0.577. The normalized spacial score (nSPS) is 10.8. The lowest BCUT2D eigenvalue weighted by Crippen LogP contribution is -2.10. The molecule has 0 aliphatic carbocycles. The molecule has 0 amide bonds. The molecule has 0 atom stereocenters. The van der Waals surface area contributed by atoms with Crippen molar-refractivity contribution < 1.29 is 9.84 Å². The molecule has 110 valence electrons. The lowest BCUT2D eigenvalue weighted by molar-refractivity contribution is 0.372. The van der Waals surface area contributed by atoms with Gasteiger partial charge in [-0.2, -0.15) is 5.10 Å². The van der Waals surface area contributed by atoms with Crippen LogP contribution in [0.2, 0.25) is 0 Å². The number of aromatic hydroxyl groups is 1. The molecule has 0 bridgehead atoms. The molecule has 0 unspecified atom stereocenters. The molecule has 1 aromatic carbocycles. The lowest BCUT2D eigenvalue weighted by atomic mass is 10.2. The van der Waals surface area contributed by atoms with E-state index in [9.17, 15) is 9.90 Å². The number of H-pyrrole nitrogens is 1. The largest absolute Gasteiger partial charge is 0.503 e. The van der Waals surface area contributed by atoms with Gasteiger partial charge in [-0.05, 0) is 35.0 Å². The van der Waals surface area contributed by atoms with E-state index in [1.807, 2.05) is 0 Å². The van der Waals surface area contributed by atoms with E-state index in [1.165, 1.54) is 19.4 Å². The predicted molar refractivity (Wildman–Crippen MR) is 83.2 cm³/mol. The molecule has 2 aromatic rings. The van der Waals surface area contributed by atoms with Gasteiger partial charge in [-0.1, -0.05) is 0 Å². The van der Waals surface area contributed by atoms with E-state index in [0.29, 0.717) is 21.5 Å². The fraction of sp³-hybridized carbons (Fsp3) is 0.154. The molecular weight excluding hydrogens is 340 g/mol. The second-order valence-corrected chi connectivity index (χ2v) is 4.92. The van der Waals surface area contributed by atoms with Gasteiger partial charge in [0.15, 0.2) is 11.5 Å². The van der Waals surface area contributed by atoms with E-state index >= 15 is 0 Å². The number of phenolic OH excluding ortho intramolecular Hbond substituents is 1. The third-order valence-corrected chi connectivity index (χ3v) is 3.41. The van der Waals surface area contributed by atoms with E-state index in [0.717, 1.165) is 0 Å². The second-order valence-electron chi connectivity index (χ2n) is 4.13. The number of aromatic amines is 1. The number of hydrazone groups is 1. The van der Waals surface area contributed by atoms with Crippen LogP contribution in [0.5, 0.6) is 11.5 Å². The molecule has 0 saturated heterocycles. The van der Waals surface area contributed by atoms with Crippen molar-refractivity contribution in [2.75, 3.05) is 12.5 Å². The SMILES string of the molecule is COc1ccc(/C=N/Nc2nc(C)cc(=O)[nH]2)c(Br)c1O. The Kier molecular flexibility index (Phi) is 4.59. The molecule has 0 spiro atoms. The number of nitrogens with zero attached hydrogens (tertiary/aromatic N) is 2. The Balaban J connectivity index is 2.18. The number of nitrogens with one attached hydrogen (secondary N) is 2. The Bertz CT molecular complexity index is 743. The molecule has 0 radical (unpaired) electrons. The summed E-state index contributed by atoms with van der Waals surface area (Å²) in [5.41, 5.74) is 3.58. The second kappa shape index (κ2) is 6.40. The van der Waals surface area contributed by atoms with Crippen molar-refractivity contribution in [2.24, 2.45) is 5.10 Å². The van der Waals surface area contributed by atoms with Crippen molar-refractivity contribution in [2.45, 2.75) is 6.92 Å². The van der Waals surface area contributed by atoms with Gasteiger partial charge in [-0.15, -0.1) is 0 Å². The number of aromatic nitrogens is 2. The molecule has 7 nitrogen and oxygen atoms in total. The number of hydrogen-bond donors (Lipinski definition) is 3. The number of benzene rings is 1. The lowest BCUT2D eigenvalue weighted by Gasteiger charge is -2.07. The summed E-state index contributed by atoms with van der Waals surface area (Å²) in [4.78, 5) is 17.8. The number of ether oxygens (including phenoxy) is 1. The zero-order chi connectivity index (χ0) is 15.4. The van der Waals surface area contributed by atoms with Crippen molar-refractivity contribution >= 4 is 28.1 Å². The van der Waals surface area contributed by atoms with Gasteiger partial charge in [0.25, 0.3) is 5.56 Å². The highest BCUT2D eigenvalue weighted by Gasteiger charge is 2.09. The van der Waals surface area contributed by atoms with Gasteiger partial charge < -0.3 is 9.84 Å². The molecule has 0 saturated carbocycles. The van der Waals surface area contributed by atoms with Gasteiger partial charge >= 0.3 is 0 Å². The molecule has 8 heteroatoms. The molecule has 3 N–H and O–H groups in total. The Labute approximate surface area is 128 Å². The van der Waals surface area contributed by atoms with E-state index in [4.69, 9.17) is 4.74 Å². The monoisotopic (exact) mass is 352 g/mol. The van der Waals surface area contributed by atoms with Gasteiger partial charge in [0.05, 0.1) is 17.8 Å². The standard InChI is InChI=1S/C13H13BrN4O3/c1-7-5-10(19)17-13(16-7)18-15-6-8-3-4-9(21-2)12(20)11(8)14/h3-6,20H,1-2H3,(H2,16,17,18,19)/b15-6+. The summed E-state index contributed by atoms with van der Waals surface area (Å²) in [5.74, 6) is 0.588. The van der Waals surface area contributed by atoms with Crippen LogP contribution in [0.3, 0.4) is 0 Å². The van der Waals surface area contributed by atoms with Gasteiger partial charge in [-0.25, -0.2) is 10.4 Å². The molecule has 2 rings (SSSR count). The molecular formula is C13H13BrN4O3. The zero-order valence-electron chi connectivity index (χ0n) is 11.3. The number of phenols is 1. The van der Waals surface area contributed by atoms with Crippen LogP contribution in [-0.4, -0.2) is 28.4 Å². The summed E-state index contributed by atoms with van der Waals surface area (Å²) in [5, 5.41) is 13.8.